The van der Waals surface area contributed by atoms with Gasteiger partial charge in [-0.05, 0) is 42.5 Å². The number of carbonyl (C=O) groups is 1. The fourth-order valence-electron chi connectivity index (χ4n) is 1.99. The molecule has 1 N–H and O–H groups in total. The summed E-state index contributed by atoms with van der Waals surface area (Å²) in [5, 5.41) is 9.72. The first kappa shape index (κ1) is 13.6. The summed E-state index contributed by atoms with van der Waals surface area (Å²) < 4.78 is 2.62. The van der Waals surface area contributed by atoms with Gasteiger partial charge in [0, 0.05) is 16.9 Å². The molecule has 1 aromatic carbocycles. The molecule has 3 rings (SSSR count). The fourth-order valence-corrected chi connectivity index (χ4v) is 2.35. The van der Waals surface area contributed by atoms with Gasteiger partial charge in [0.05, 0.1) is 11.3 Å². The van der Waals surface area contributed by atoms with Gasteiger partial charge in [-0.1, -0.05) is 22.0 Å². The first-order chi connectivity index (χ1) is 10.1. The van der Waals surface area contributed by atoms with E-state index < -0.39 is 0 Å². The molecule has 5 heteroatoms. The van der Waals surface area contributed by atoms with E-state index in [1.54, 1.807) is 18.2 Å². The van der Waals surface area contributed by atoms with E-state index in [-0.39, 0.29) is 17.1 Å². The molecule has 0 fully saturated rings. The molecule has 21 heavy (non-hydrogen) atoms. The second kappa shape index (κ2) is 5.54. The van der Waals surface area contributed by atoms with Crippen LogP contribution in [0.1, 0.15) is 16.1 Å². The van der Waals surface area contributed by atoms with Crippen molar-refractivity contribution in [3.05, 3.63) is 70.6 Å². The highest BCUT2D eigenvalue weighted by molar-refractivity contribution is 9.10. The number of nitrogens with zero attached hydrogens (tertiary/aromatic N) is 2. The monoisotopic (exact) mass is 342 g/mol. The van der Waals surface area contributed by atoms with Gasteiger partial charge < -0.3 is 9.51 Å². The maximum Gasteiger partial charge on any atom is 0.189 e. The van der Waals surface area contributed by atoms with Gasteiger partial charge in [-0.3, -0.25) is 4.79 Å². The standard InChI is InChI=1S/C16H11BrN2O2/c17-11-4-6-14(20)13(9-11)15(21)7-5-12-10-19-8-2-1-3-16(19)18-12/h1-10,20H/b7-5+. The zero-order valence-corrected chi connectivity index (χ0v) is 12.5. The Bertz CT molecular complexity index is 819. The van der Waals surface area contributed by atoms with Crippen LogP contribution in [0, 0.1) is 0 Å². The van der Waals surface area contributed by atoms with Crippen LogP contribution >= 0.6 is 15.9 Å². The maximum absolute atomic E-state index is 12.1. The summed E-state index contributed by atoms with van der Waals surface area (Å²) >= 11 is 3.28. The number of phenolic OH excluding ortho intramolecular Hbond substituents is 1. The van der Waals surface area contributed by atoms with Crippen molar-refractivity contribution >= 4 is 33.4 Å². The molecule has 0 aliphatic heterocycles. The summed E-state index contributed by atoms with van der Waals surface area (Å²) in [7, 11) is 0. The number of phenols is 1. The lowest BCUT2D eigenvalue weighted by molar-refractivity contribution is 0.104. The summed E-state index contributed by atoms with van der Waals surface area (Å²) in [6, 6.07) is 10.5. The molecule has 2 heterocycles. The van der Waals surface area contributed by atoms with E-state index in [9.17, 15) is 9.90 Å². The first-order valence-electron chi connectivity index (χ1n) is 6.28. The van der Waals surface area contributed by atoms with Crippen LogP contribution in [0.15, 0.2) is 59.3 Å². The number of halogens is 1. The normalized spacial score (nSPS) is 11.3. The Hall–Kier alpha value is -2.40. The third-order valence-electron chi connectivity index (χ3n) is 3.01. The van der Waals surface area contributed by atoms with Crippen molar-refractivity contribution in [2.24, 2.45) is 0 Å². The molecule has 0 amide bonds. The topological polar surface area (TPSA) is 54.6 Å². The van der Waals surface area contributed by atoms with Crippen LogP contribution in [0.25, 0.3) is 11.7 Å². The van der Waals surface area contributed by atoms with Crippen LogP contribution in [0.4, 0.5) is 0 Å². The van der Waals surface area contributed by atoms with Crippen LogP contribution in [-0.2, 0) is 0 Å². The highest BCUT2D eigenvalue weighted by Crippen LogP contribution is 2.22. The van der Waals surface area contributed by atoms with E-state index in [1.165, 1.54) is 12.1 Å². The van der Waals surface area contributed by atoms with Gasteiger partial charge in [0.25, 0.3) is 0 Å². The van der Waals surface area contributed by atoms with Crippen molar-refractivity contribution < 1.29 is 9.90 Å². The Kier molecular flexibility index (Phi) is 3.58. The van der Waals surface area contributed by atoms with Crippen LogP contribution in [0.3, 0.4) is 0 Å². The molecule has 0 aliphatic carbocycles. The van der Waals surface area contributed by atoms with Gasteiger partial charge in [-0.2, -0.15) is 0 Å². The Balaban J connectivity index is 1.88. The molecule has 0 radical (unpaired) electrons. The van der Waals surface area contributed by atoms with Gasteiger partial charge in [-0.25, -0.2) is 4.98 Å². The highest BCUT2D eigenvalue weighted by atomic mass is 79.9. The Labute approximate surface area is 129 Å². The van der Waals surface area contributed by atoms with E-state index in [1.807, 2.05) is 35.0 Å². The van der Waals surface area contributed by atoms with Crippen LogP contribution < -0.4 is 0 Å². The Morgan fingerprint density at radius 2 is 2.14 bits per heavy atom. The Morgan fingerprint density at radius 1 is 1.29 bits per heavy atom. The number of fused-ring (bicyclic) bond motifs is 1. The minimum absolute atomic E-state index is 0.0390. The summed E-state index contributed by atoms with van der Waals surface area (Å²) in [5.74, 6) is -0.311. The first-order valence-corrected chi connectivity index (χ1v) is 7.07. The number of benzene rings is 1. The van der Waals surface area contributed by atoms with Gasteiger partial charge >= 0.3 is 0 Å². The number of pyridine rings is 1. The second-order valence-corrected chi connectivity index (χ2v) is 5.41. The molecule has 0 bridgehead atoms. The second-order valence-electron chi connectivity index (χ2n) is 4.49. The highest BCUT2D eigenvalue weighted by Gasteiger charge is 2.09. The summed E-state index contributed by atoms with van der Waals surface area (Å²) in [6.45, 7) is 0. The van der Waals surface area contributed by atoms with Crippen LogP contribution in [0.5, 0.6) is 5.75 Å². The molecule has 0 atom stereocenters. The zero-order valence-electron chi connectivity index (χ0n) is 10.9. The number of allylic oxidation sites excluding steroid dienone is 1. The lowest BCUT2D eigenvalue weighted by Crippen LogP contribution is -1.94. The third kappa shape index (κ3) is 2.87. The third-order valence-corrected chi connectivity index (χ3v) is 3.51. The molecule has 104 valence electrons. The van der Waals surface area contributed by atoms with Gasteiger partial charge in [-0.15, -0.1) is 0 Å². The summed E-state index contributed by atoms with van der Waals surface area (Å²) in [6.07, 6.45) is 6.76. The van der Waals surface area contributed by atoms with Crippen molar-refractivity contribution in [3.8, 4) is 5.75 Å². The van der Waals surface area contributed by atoms with Crippen molar-refractivity contribution in [1.82, 2.24) is 9.38 Å². The lowest BCUT2D eigenvalue weighted by Gasteiger charge is -2.00. The van der Waals surface area contributed by atoms with Crippen molar-refractivity contribution in [2.75, 3.05) is 0 Å². The quantitative estimate of drug-likeness (QED) is 0.583. The lowest BCUT2D eigenvalue weighted by atomic mass is 10.1. The minimum atomic E-state index is -0.272. The SMILES string of the molecule is O=C(/C=C/c1cn2ccccc2n1)c1cc(Br)ccc1O. The van der Waals surface area contributed by atoms with E-state index in [0.29, 0.717) is 5.69 Å². The average Bonchev–Trinajstić information content (AvgIpc) is 2.90. The van der Waals surface area contributed by atoms with Crippen molar-refractivity contribution in [1.29, 1.82) is 0 Å². The van der Waals surface area contributed by atoms with E-state index >= 15 is 0 Å². The number of ketones is 1. The van der Waals surface area contributed by atoms with Gasteiger partial charge in [0.15, 0.2) is 5.78 Å². The number of aromatic hydroxyl groups is 1. The Morgan fingerprint density at radius 3 is 2.95 bits per heavy atom. The van der Waals surface area contributed by atoms with Crippen LogP contribution in [-0.4, -0.2) is 20.3 Å². The molecule has 2 aromatic heterocycles. The van der Waals surface area contributed by atoms with E-state index in [4.69, 9.17) is 0 Å². The van der Waals surface area contributed by atoms with Crippen molar-refractivity contribution in [3.63, 3.8) is 0 Å². The van der Waals surface area contributed by atoms with Gasteiger partial charge in [0.2, 0.25) is 0 Å². The summed E-state index contributed by atoms with van der Waals surface area (Å²) in [5.41, 5.74) is 1.75. The molecular formula is C16H11BrN2O2. The predicted molar refractivity (Wildman–Crippen MR) is 84.4 cm³/mol. The minimum Gasteiger partial charge on any atom is -0.507 e. The molecule has 4 nitrogen and oxygen atoms in total. The number of hydrogen-bond donors (Lipinski definition) is 1. The van der Waals surface area contributed by atoms with E-state index in [0.717, 1.165) is 10.1 Å². The maximum atomic E-state index is 12.1. The number of hydrogen-bond acceptors (Lipinski definition) is 3. The van der Waals surface area contributed by atoms with Gasteiger partial charge in [0.1, 0.15) is 11.4 Å². The largest absolute Gasteiger partial charge is 0.507 e. The molecule has 0 spiro atoms. The number of imidazole rings is 1. The number of rotatable bonds is 3. The van der Waals surface area contributed by atoms with Crippen molar-refractivity contribution in [2.45, 2.75) is 0 Å². The fraction of sp³-hybridized carbons (Fsp3) is 0. The molecule has 0 saturated carbocycles. The molecule has 3 aromatic rings. The zero-order chi connectivity index (χ0) is 14.8. The number of carbonyl (C=O) groups excluding carboxylic acids is 1. The number of aromatic nitrogens is 2. The predicted octanol–water partition coefficient (Wildman–Crippen LogP) is 3.70. The smallest absolute Gasteiger partial charge is 0.189 e. The molecule has 0 saturated heterocycles. The van der Waals surface area contributed by atoms with E-state index in [2.05, 4.69) is 20.9 Å². The molecule has 0 unspecified atom stereocenters. The molecular weight excluding hydrogens is 332 g/mol. The molecule has 0 aliphatic rings. The average molecular weight is 343 g/mol. The summed E-state index contributed by atoms with van der Waals surface area (Å²) in [4.78, 5) is 16.5. The van der Waals surface area contributed by atoms with Crippen LogP contribution in [0.2, 0.25) is 0 Å².